The maximum Gasteiger partial charge on any atom is 0.250 e. The normalized spacial score (nSPS) is 14.8. The maximum atomic E-state index is 13.6. The van der Waals surface area contributed by atoms with Crippen molar-refractivity contribution in [2.24, 2.45) is 0 Å². The summed E-state index contributed by atoms with van der Waals surface area (Å²) in [7, 11) is 0. The van der Waals surface area contributed by atoms with Crippen LogP contribution in [-0.4, -0.2) is 57.4 Å². The number of aromatic nitrogens is 4. The molecule has 0 unspecified atom stereocenters. The number of benzene rings is 1. The SMILES string of the molecule is Cc1c(/C=C/CN2CCN(c3cc(F)cc(Cl)c3)CC2)cnn1-c1ncccn1.Cl. The van der Waals surface area contributed by atoms with Crippen molar-refractivity contribution in [3.8, 4) is 5.95 Å². The second-order valence-electron chi connectivity index (χ2n) is 6.96. The van der Waals surface area contributed by atoms with E-state index in [-0.39, 0.29) is 18.2 Å². The summed E-state index contributed by atoms with van der Waals surface area (Å²) in [5.41, 5.74) is 2.89. The van der Waals surface area contributed by atoms with Crippen molar-refractivity contribution in [2.75, 3.05) is 37.6 Å². The Hall–Kier alpha value is -2.48. The first-order valence-corrected chi connectivity index (χ1v) is 9.90. The molecule has 0 spiro atoms. The molecule has 0 radical (unpaired) electrons. The van der Waals surface area contributed by atoms with Crippen LogP contribution < -0.4 is 4.90 Å². The summed E-state index contributed by atoms with van der Waals surface area (Å²) in [4.78, 5) is 13.0. The van der Waals surface area contributed by atoms with Crippen molar-refractivity contribution in [3.63, 3.8) is 0 Å². The zero-order valence-electron chi connectivity index (χ0n) is 16.6. The molecule has 3 aromatic rings. The predicted molar refractivity (Wildman–Crippen MR) is 120 cm³/mol. The fraction of sp³-hybridized carbons (Fsp3) is 0.286. The first kappa shape index (κ1) is 22.2. The van der Waals surface area contributed by atoms with Gasteiger partial charge in [0, 0.05) is 61.4 Å². The van der Waals surface area contributed by atoms with Crippen molar-refractivity contribution < 1.29 is 4.39 Å². The van der Waals surface area contributed by atoms with Gasteiger partial charge in [-0.25, -0.2) is 19.0 Å². The van der Waals surface area contributed by atoms with E-state index in [1.165, 1.54) is 6.07 Å². The van der Waals surface area contributed by atoms with Gasteiger partial charge in [-0.05, 0) is 31.2 Å². The lowest BCUT2D eigenvalue weighted by Crippen LogP contribution is -2.46. The van der Waals surface area contributed by atoms with Gasteiger partial charge in [0.1, 0.15) is 5.82 Å². The van der Waals surface area contributed by atoms with E-state index >= 15 is 0 Å². The minimum Gasteiger partial charge on any atom is -0.369 e. The summed E-state index contributed by atoms with van der Waals surface area (Å²) in [6, 6.07) is 6.47. The van der Waals surface area contributed by atoms with Gasteiger partial charge in [0.15, 0.2) is 0 Å². The number of nitrogens with zero attached hydrogens (tertiary/aromatic N) is 6. The molecule has 0 bridgehead atoms. The third kappa shape index (κ3) is 5.16. The number of rotatable bonds is 5. The average Bonchev–Trinajstić information content (AvgIpc) is 3.09. The van der Waals surface area contributed by atoms with Crippen LogP contribution in [0.2, 0.25) is 5.02 Å². The number of hydrogen-bond donors (Lipinski definition) is 0. The largest absolute Gasteiger partial charge is 0.369 e. The molecule has 9 heteroatoms. The van der Waals surface area contributed by atoms with E-state index in [0.29, 0.717) is 11.0 Å². The molecular weight excluding hydrogens is 426 g/mol. The molecule has 1 aliphatic heterocycles. The number of piperazine rings is 1. The smallest absolute Gasteiger partial charge is 0.250 e. The monoisotopic (exact) mass is 448 g/mol. The summed E-state index contributed by atoms with van der Waals surface area (Å²) in [6.07, 6.45) is 9.47. The molecule has 6 nitrogen and oxygen atoms in total. The molecule has 1 fully saturated rings. The molecular formula is C21H23Cl2FN6. The lowest BCUT2D eigenvalue weighted by Gasteiger charge is -2.35. The van der Waals surface area contributed by atoms with Crippen LogP contribution in [0.3, 0.4) is 0 Å². The lowest BCUT2D eigenvalue weighted by atomic mass is 10.2. The first-order valence-electron chi connectivity index (χ1n) is 9.52. The summed E-state index contributed by atoms with van der Waals surface area (Å²) >= 11 is 5.98. The molecule has 0 atom stereocenters. The van der Waals surface area contributed by atoms with Gasteiger partial charge in [-0.1, -0.05) is 23.8 Å². The molecule has 4 rings (SSSR count). The second kappa shape index (κ2) is 10.0. The molecule has 0 amide bonds. The molecule has 158 valence electrons. The summed E-state index contributed by atoms with van der Waals surface area (Å²) in [5.74, 6) is 0.271. The van der Waals surface area contributed by atoms with Crippen LogP contribution in [0.5, 0.6) is 0 Å². The van der Waals surface area contributed by atoms with Crippen LogP contribution in [0.4, 0.5) is 10.1 Å². The van der Waals surface area contributed by atoms with E-state index in [1.54, 1.807) is 29.2 Å². The van der Waals surface area contributed by atoms with E-state index in [0.717, 1.165) is 49.7 Å². The van der Waals surface area contributed by atoms with Gasteiger partial charge in [0.25, 0.3) is 5.95 Å². The fourth-order valence-corrected chi connectivity index (χ4v) is 3.64. The molecule has 0 aliphatic carbocycles. The Morgan fingerprint density at radius 1 is 1.10 bits per heavy atom. The average molecular weight is 449 g/mol. The Balaban J connectivity index is 0.00000256. The zero-order chi connectivity index (χ0) is 20.2. The van der Waals surface area contributed by atoms with Gasteiger partial charge < -0.3 is 4.90 Å². The predicted octanol–water partition coefficient (Wildman–Crippen LogP) is 4.02. The Kier molecular flexibility index (Phi) is 7.42. The number of hydrogen-bond acceptors (Lipinski definition) is 5. The van der Waals surface area contributed by atoms with E-state index in [2.05, 4.69) is 37.0 Å². The van der Waals surface area contributed by atoms with Crippen molar-refractivity contribution in [1.29, 1.82) is 0 Å². The third-order valence-corrected chi connectivity index (χ3v) is 5.25. The maximum absolute atomic E-state index is 13.6. The summed E-state index contributed by atoms with van der Waals surface area (Å²) in [5, 5.41) is 4.82. The Bertz CT molecular complexity index is 980. The Morgan fingerprint density at radius 2 is 1.83 bits per heavy atom. The van der Waals surface area contributed by atoms with Crippen LogP contribution in [-0.2, 0) is 0 Å². The first-order chi connectivity index (χ1) is 14.1. The Labute approximate surface area is 186 Å². The fourth-order valence-electron chi connectivity index (χ4n) is 3.43. The number of halogens is 3. The molecule has 0 N–H and O–H groups in total. The van der Waals surface area contributed by atoms with E-state index < -0.39 is 0 Å². The zero-order valence-corrected chi connectivity index (χ0v) is 18.2. The number of anilines is 1. The van der Waals surface area contributed by atoms with E-state index in [4.69, 9.17) is 11.6 Å². The van der Waals surface area contributed by atoms with Crippen molar-refractivity contribution in [3.05, 3.63) is 71.0 Å². The second-order valence-corrected chi connectivity index (χ2v) is 7.40. The molecule has 3 heterocycles. The van der Waals surface area contributed by atoms with Gasteiger partial charge in [-0.2, -0.15) is 5.10 Å². The molecule has 1 saturated heterocycles. The van der Waals surface area contributed by atoms with Crippen LogP contribution in [0.15, 0.2) is 48.9 Å². The van der Waals surface area contributed by atoms with Crippen molar-refractivity contribution >= 4 is 35.8 Å². The van der Waals surface area contributed by atoms with Gasteiger partial charge >= 0.3 is 0 Å². The minimum absolute atomic E-state index is 0. The Morgan fingerprint density at radius 3 is 2.53 bits per heavy atom. The lowest BCUT2D eigenvalue weighted by molar-refractivity contribution is 0.284. The van der Waals surface area contributed by atoms with Crippen LogP contribution in [0.25, 0.3) is 12.0 Å². The highest BCUT2D eigenvalue weighted by Gasteiger charge is 2.17. The van der Waals surface area contributed by atoms with Crippen molar-refractivity contribution in [2.45, 2.75) is 6.92 Å². The quantitative estimate of drug-likeness (QED) is 0.589. The highest BCUT2D eigenvalue weighted by molar-refractivity contribution is 6.30. The highest BCUT2D eigenvalue weighted by atomic mass is 35.5. The minimum atomic E-state index is -0.297. The van der Waals surface area contributed by atoms with Crippen LogP contribution in [0, 0.1) is 12.7 Å². The highest BCUT2D eigenvalue weighted by Crippen LogP contribution is 2.23. The molecule has 0 saturated carbocycles. The van der Waals surface area contributed by atoms with Crippen LogP contribution in [0.1, 0.15) is 11.3 Å². The van der Waals surface area contributed by atoms with E-state index in [1.807, 2.05) is 19.2 Å². The molecule has 1 aliphatic rings. The summed E-state index contributed by atoms with van der Waals surface area (Å²) < 4.78 is 15.3. The molecule has 30 heavy (non-hydrogen) atoms. The molecule has 2 aromatic heterocycles. The van der Waals surface area contributed by atoms with Gasteiger partial charge in [0.2, 0.25) is 0 Å². The van der Waals surface area contributed by atoms with Crippen LogP contribution >= 0.6 is 24.0 Å². The van der Waals surface area contributed by atoms with Crippen molar-refractivity contribution in [1.82, 2.24) is 24.6 Å². The van der Waals surface area contributed by atoms with Gasteiger partial charge in [-0.3, -0.25) is 4.90 Å². The topological polar surface area (TPSA) is 50.1 Å². The standard InChI is InChI=1S/C21H22ClFN6.ClH/c1-16-17(15-26-29(16)21-24-5-3-6-25-21)4-2-7-27-8-10-28(11-9-27)20-13-18(22)12-19(23)14-20;/h2-6,12-15H,7-11H2,1H3;1H/b4-2+;. The van der Waals surface area contributed by atoms with Gasteiger partial charge in [-0.15, -0.1) is 12.4 Å². The summed E-state index contributed by atoms with van der Waals surface area (Å²) in [6.45, 7) is 6.37. The third-order valence-electron chi connectivity index (χ3n) is 5.04. The molecule has 1 aromatic carbocycles. The van der Waals surface area contributed by atoms with Gasteiger partial charge in [0.05, 0.1) is 11.9 Å². The van der Waals surface area contributed by atoms with E-state index in [9.17, 15) is 4.39 Å².